The quantitative estimate of drug-likeness (QED) is 0.735. The van der Waals surface area contributed by atoms with Gasteiger partial charge in [-0.2, -0.15) is 0 Å². The zero-order chi connectivity index (χ0) is 12.7. The van der Waals surface area contributed by atoms with Gasteiger partial charge in [0.2, 0.25) is 0 Å². The first-order valence-electron chi connectivity index (χ1n) is 7.36. The second-order valence-electron chi connectivity index (χ2n) is 6.44. The molecule has 1 N–H and O–H groups in total. The fraction of sp³-hybridized carbons (Fsp3) is 1.00. The van der Waals surface area contributed by atoms with Crippen LogP contribution in [0, 0.1) is 11.3 Å². The van der Waals surface area contributed by atoms with Gasteiger partial charge in [0.15, 0.2) is 0 Å². The molecular formula is C15H31NO. The highest BCUT2D eigenvalue weighted by atomic mass is 16.5. The van der Waals surface area contributed by atoms with E-state index >= 15 is 0 Å². The maximum absolute atomic E-state index is 5.69. The molecule has 0 spiro atoms. The van der Waals surface area contributed by atoms with E-state index in [4.69, 9.17) is 4.74 Å². The molecule has 2 unspecified atom stereocenters. The van der Waals surface area contributed by atoms with Crippen LogP contribution in [0.5, 0.6) is 0 Å². The van der Waals surface area contributed by atoms with Gasteiger partial charge in [0, 0.05) is 6.61 Å². The maximum Gasteiger partial charge on any atom is 0.0576 e. The molecular weight excluding hydrogens is 210 g/mol. The van der Waals surface area contributed by atoms with E-state index in [1.807, 2.05) is 0 Å². The van der Waals surface area contributed by atoms with Crippen molar-refractivity contribution < 1.29 is 4.74 Å². The Morgan fingerprint density at radius 2 is 2.12 bits per heavy atom. The second kappa shape index (κ2) is 7.38. The Balaban J connectivity index is 2.22. The third-order valence-corrected chi connectivity index (χ3v) is 3.97. The van der Waals surface area contributed by atoms with Crippen LogP contribution < -0.4 is 5.32 Å². The van der Waals surface area contributed by atoms with E-state index in [0.717, 1.165) is 25.6 Å². The van der Waals surface area contributed by atoms with Crippen molar-refractivity contribution in [3.8, 4) is 0 Å². The highest BCUT2D eigenvalue weighted by Crippen LogP contribution is 2.30. The highest BCUT2D eigenvalue weighted by molar-refractivity contribution is 4.77. The zero-order valence-corrected chi connectivity index (χ0v) is 12.2. The van der Waals surface area contributed by atoms with Gasteiger partial charge in [-0.25, -0.2) is 0 Å². The smallest absolute Gasteiger partial charge is 0.0576 e. The SMILES string of the molecule is CCNCC(CCCC1CCCO1)C(C)(C)C. The molecule has 1 aliphatic heterocycles. The van der Waals surface area contributed by atoms with Gasteiger partial charge in [-0.1, -0.05) is 34.1 Å². The Kier molecular flexibility index (Phi) is 6.50. The molecule has 2 atom stereocenters. The van der Waals surface area contributed by atoms with Crippen LogP contribution in [0.1, 0.15) is 59.8 Å². The molecule has 0 radical (unpaired) electrons. The summed E-state index contributed by atoms with van der Waals surface area (Å²) in [5.74, 6) is 0.781. The van der Waals surface area contributed by atoms with Gasteiger partial charge in [0.1, 0.15) is 0 Å². The fourth-order valence-corrected chi connectivity index (χ4v) is 2.62. The Labute approximate surface area is 108 Å². The van der Waals surface area contributed by atoms with Gasteiger partial charge in [0.05, 0.1) is 6.10 Å². The molecule has 0 amide bonds. The monoisotopic (exact) mass is 241 g/mol. The van der Waals surface area contributed by atoms with Crippen molar-refractivity contribution >= 4 is 0 Å². The van der Waals surface area contributed by atoms with Crippen LogP contribution in [-0.2, 0) is 4.74 Å². The van der Waals surface area contributed by atoms with E-state index in [0.29, 0.717) is 11.5 Å². The molecule has 2 heteroatoms. The average Bonchev–Trinajstić information content (AvgIpc) is 2.74. The zero-order valence-electron chi connectivity index (χ0n) is 12.2. The number of hydrogen-bond donors (Lipinski definition) is 1. The van der Waals surface area contributed by atoms with E-state index in [1.165, 1.54) is 32.1 Å². The Bertz CT molecular complexity index is 192. The molecule has 102 valence electrons. The first-order chi connectivity index (χ1) is 8.04. The molecule has 1 fully saturated rings. The summed E-state index contributed by atoms with van der Waals surface area (Å²) in [6, 6.07) is 0. The molecule has 1 saturated heterocycles. The van der Waals surface area contributed by atoms with Gasteiger partial charge in [-0.15, -0.1) is 0 Å². The molecule has 17 heavy (non-hydrogen) atoms. The summed E-state index contributed by atoms with van der Waals surface area (Å²) in [6.07, 6.45) is 7.03. The van der Waals surface area contributed by atoms with Crippen LogP contribution in [0.3, 0.4) is 0 Å². The molecule has 0 aliphatic carbocycles. The molecule has 1 heterocycles. The standard InChI is InChI=1S/C15H31NO/c1-5-16-12-13(15(2,3)4)8-6-9-14-10-7-11-17-14/h13-14,16H,5-12H2,1-4H3. The summed E-state index contributed by atoms with van der Waals surface area (Å²) in [6.45, 7) is 12.5. The van der Waals surface area contributed by atoms with E-state index in [9.17, 15) is 0 Å². The van der Waals surface area contributed by atoms with E-state index in [-0.39, 0.29) is 0 Å². The molecule has 0 aromatic carbocycles. The number of ether oxygens (including phenoxy) is 1. The normalized spacial score (nSPS) is 22.9. The lowest BCUT2D eigenvalue weighted by Crippen LogP contribution is -2.32. The minimum Gasteiger partial charge on any atom is -0.378 e. The molecule has 0 saturated carbocycles. The maximum atomic E-state index is 5.69. The third kappa shape index (κ3) is 5.87. The van der Waals surface area contributed by atoms with Gasteiger partial charge in [0.25, 0.3) is 0 Å². The van der Waals surface area contributed by atoms with Gasteiger partial charge in [-0.3, -0.25) is 0 Å². The van der Waals surface area contributed by atoms with Crippen molar-refractivity contribution in [1.29, 1.82) is 0 Å². The van der Waals surface area contributed by atoms with Gasteiger partial charge in [-0.05, 0) is 50.1 Å². The summed E-state index contributed by atoms with van der Waals surface area (Å²) in [5, 5.41) is 3.50. The summed E-state index contributed by atoms with van der Waals surface area (Å²) in [7, 11) is 0. The third-order valence-electron chi connectivity index (χ3n) is 3.97. The second-order valence-corrected chi connectivity index (χ2v) is 6.44. The van der Waals surface area contributed by atoms with Crippen molar-refractivity contribution in [2.45, 2.75) is 65.9 Å². The summed E-state index contributed by atoms with van der Waals surface area (Å²) in [5.41, 5.74) is 0.415. The van der Waals surface area contributed by atoms with Crippen molar-refractivity contribution in [2.24, 2.45) is 11.3 Å². The van der Waals surface area contributed by atoms with Gasteiger partial charge < -0.3 is 10.1 Å². The summed E-state index contributed by atoms with van der Waals surface area (Å²) < 4.78 is 5.69. The van der Waals surface area contributed by atoms with Crippen molar-refractivity contribution in [1.82, 2.24) is 5.32 Å². The Hall–Kier alpha value is -0.0800. The lowest BCUT2D eigenvalue weighted by atomic mass is 9.77. The van der Waals surface area contributed by atoms with E-state index in [2.05, 4.69) is 33.0 Å². The highest BCUT2D eigenvalue weighted by Gasteiger charge is 2.24. The van der Waals surface area contributed by atoms with Crippen molar-refractivity contribution in [3.63, 3.8) is 0 Å². The lowest BCUT2D eigenvalue weighted by Gasteiger charge is -2.31. The molecule has 1 rings (SSSR count). The largest absolute Gasteiger partial charge is 0.378 e. The molecule has 0 aromatic heterocycles. The fourth-order valence-electron chi connectivity index (χ4n) is 2.62. The van der Waals surface area contributed by atoms with Crippen LogP contribution in [0.4, 0.5) is 0 Å². The predicted molar refractivity (Wildman–Crippen MR) is 74.3 cm³/mol. The molecule has 0 bridgehead atoms. The summed E-state index contributed by atoms with van der Waals surface area (Å²) in [4.78, 5) is 0. The lowest BCUT2D eigenvalue weighted by molar-refractivity contribution is 0.0976. The van der Waals surface area contributed by atoms with Crippen LogP contribution in [0.15, 0.2) is 0 Å². The number of rotatable bonds is 7. The molecule has 2 nitrogen and oxygen atoms in total. The predicted octanol–water partition coefficient (Wildman–Crippen LogP) is 3.61. The van der Waals surface area contributed by atoms with Crippen LogP contribution in [-0.4, -0.2) is 25.8 Å². The van der Waals surface area contributed by atoms with Crippen molar-refractivity contribution in [2.75, 3.05) is 19.7 Å². The van der Waals surface area contributed by atoms with Gasteiger partial charge >= 0.3 is 0 Å². The average molecular weight is 241 g/mol. The Morgan fingerprint density at radius 3 is 2.65 bits per heavy atom. The number of hydrogen-bond acceptors (Lipinski definition) is 2. The first kappa shape index (κ1) is 15.0. The first-order valence-corrected chi connectivity index (χ1v) is 7.36. The Morgan fingerprint density at radius 1 is 1.35 bits per heavy atom. The van der Waals surface area contributed by atoms with Crippen molar-refractivity contribution in [3.05, 3.63) is 0 Å². The number of nitrogens with one attached hydrogen (secondary N) is 1. The topological polar surface area (TPSA) is 21.3 Å². The van der Waals surface area contributed by atoms with Crippen LogP contribution in [0.2, 0.25) is 0 Å². The minimum absolute atomic E-state index is 0.415. The minimum atomic E-state index is 0.415. The van der Waals surface area contributed by atoms with E-state index < -0.39 is 0 Å². The molecule has 1 aliphatic rings. The van der Waals surface area contributed by atoms with Crippen LogP contribution in [0.25, 0.3) is 0 Å². The molecule has 0 aromatic rings. The van der Waals surface area contributed by atoms with Crippen LogP contribution >= 0.6 is 0 Å². The summed E-state index contributed by atoms with van der Waals surface area (Å²) >= 11 is 0. The van der Waals surface area contributed by atoms with E-state index in [1.54, 1.807) is 0 Å².